The number of carbonyl (C=O) groups excluding carboxylic acids is 1. The predicted octanol–water partition coefficient (Wildman–Crippen LogP) is 1.56. The average molecular weight is 226 g/mol. The van der Waals surface area contributed by atoms with E-state index < -0.39 is 5.97 Å². The van der Waals surface area contributed by atoms with Crippen molar-refractivity contribution in [1.29, 1.82) is 0 Å². The van der Waals surface area contributed by atoms with Crippen molar-refractivity contribution < 1.29 is 9.53 Å². The third-order valence-electron chi connectivity index (χ3n) is 1.77. The van der Waals surface area contributed by atoms with Crippen LogP contribution in [0.3, 0.4) is 0 Å². The Morgan fingerprint density at radius 3 is 3.20 bits per heavy atom. The van der Waals surface area contributed by atoms with Crippen LogP contribution >= 0.6 is 11.6 Å². The number of aromatic nitrogens is 3. The van der Waals surface area contributed by atoms with Gasteiger partial charge in [-0.25, -0.2) is 14.3 Å². The van der Waals surface area contributed by atoms with Crippen LogP contribution < -0.4 is 0 Å². The molecule has 0 N–H and O–H groups in total. The maximum absolute atomic E-state index is 11.3. The Bertz CT molecular complexity index is 509. The summed E-state index contributed by atoms with van der Waals surface area (Å²) in [5.41, 5.74) is 0.786. The van der Waals surface area contributed by atoms with Gasteiger partial charge in [0.25, 0.3) is 0 Å². The second-order valence-electron chi connectivity index (χ2n) is 2.82. The minimum absolute atomic E-state index is 0.228. The SMILES string of the molecule is CCOC(=O)c1cc2ncc(Cl)cn2n1. The van der Waals surface area contributed by atoms with Crippen LogP contribution in [-0.2, 0) is 4.74 Å². The van der Waals surface area contributed by atoms with Gasteiger partial charge in [-0.3, -0.25) is 0 Å². The van der Waals surface area contributed by atoms with E-state index >= 15 is 0 Å². The van der Waals surface area contributed by atoms with Crippen molar-refractivity contribution >= 4 is 23.2 Å². The Kier molecular flexibility index (Phi) is 2.55. The quantitative estimate of drug-likeness (QED) is 0.728. The zero-order valence-electron chi connectivity index (χ0n) is 7.98. The van der Waals surface area contributed by atoms with E-state index in [0.717, 1.165) is 0 Å². The number of esters is 1. The first-order chi connectivity index (χ1) is 7.20. The molecule has 2 heterocycles. The highest BCUT2D eigenvalue weighted by Gasteiger charge is 2.12. The molecular formula is C9H8ClN3O2. The molecule has 5 nitrogen and oxygen atoms in total. The van der Waals surface area contributed by atoms with Gasteiger partial charge < -0.3 is 4.74 Å². The second kappa shape index (κ2) is 3.86. The van der Waals surface area contributed by atoms with Crippen molar-refractivity contribution in [2.45, 2.75) is 6.92 Å². The topological polar surface area (TPSA) is 56.5 Å². The third kappa shape index (κ3) is 1.92. The largest absolute Gasteiger partial charge is 0.461 e. The zero-order valence-corrected chi connectivity index (χ0v) is 8.73. The van der Waals surface area contributed by atoms with Crippen molar-refractivity contribution in [2.75, 3.05) is 6.61 Å². The first-order valence-electron chi connectivity index (χ1n) is 4.38. The number of nitrogens with zero attached hydrogens (tertiary/aromatic N) is 3. The molecule has 15 heavy (non-hydrogen) atoms. The Morgan fingerprint density at radius 2 is 2.47 bits per heavy atom. The van der Waals surface area contributed by atoms with E-state index in [0.29, 0.717) is 17.3 Å². The molecule has 2 aromatic heterocycles. The fourth-order valence-corrected chi connectivity index (χ4v) is 1.30. The molecule has 0 amide bonds. The fourth-order valence-electron chi connectivity index (χ4n) is 1.16. The monoisotopic (exact) mass is 225 g/mol. The van der Waals surface area contributed by atoms with Gasteiger partial charge in [0.15, 0.2) is 11.3 Å². The highest BCUT2D eigenvalue weighted by atomic mass is 35.5. The fraction of sp³-hybridized carbons (Fsp3) is 0.222. The van der Waals surface area contributed by atoms with Gasteiger partial charge in [0.1, 0.15) is 0 Å². The molecule has 0 atom stereocenters. The van der Waals surface area contributed by atoms with Crippen LogP contribution in [-0.4, -0.2) is 27.2 Å². The van der Waals surface area contributed by atoms with Crippen LogP contribution in [0, 0.1) is 0 Å². The molecule has 0 saturated carbocycles. The summed E-state index contributed by atoms with van der Waals surface area (Å²) in [4.78, 5) is 15.3. The van der Waals surface area contributed by atoms with Gasteiger partial charge in [0, 0.05) is 12.3 Å². The highest BCUT2D eigenvalue weighted by Crippen LogP contribution is 2.09. The summed E-state index contributed by atoms with van der Waals surface area (Å²) in [6, 6.07) is 1.55. The Hall–Kier alpha value is -1.62. The lowest BCUT2D eigenvalue weighted by atomic mass is 10.4. The molecule has 0 aliphatic rings. The van der Waals surface area contributed by atoms with E-state index in [1.54, 1.807) is 19.2 Å². The average Bonchev–Trinajstić information content (AvgIpc) is 2.60. The minimum Gasteiger partial charge on any atom is -0.461 e. The molecule has 0 aliphatic heterocycles. The van der Waals surface area contributed by atoms with Crippen LogP contribution in [0.1, 0.15) is 17.4 Å². The molecule has 2 aromatic rings. The molecule has 6 heteroatoms. The van der Waals surface area contributed by atoms with Crippen LogP contribution in [0.5, 0.6) is 0 Å². The van der Waals surface area contributed by atoms with Crippen LogP contribution in [0.25, 0.3) is 5.65 Å². The number of hydrogen-bond acceptors (Lipinski definition) is 4. The van der Waals surface area contributed by atoms with Gasteiger partial charge in [-0.15, -0.1) is 0 Å². The summed E-state index contributed by atoms with van der Waals surface area (Å²) in [5, 5.41) is 4.45. The van der Waals surface area contributed by atoms with Gasteiger partial charge in [0.2, 0.25) is 0 Å². The van der Waals surface area contributed by atoms with E-state index in [9.17, 15) is 4.79 Å². The first-order valence-corrected chi connectivity index (χ1v) is 4.76. The molecular weight excluding hydrogens is 218 g/mol. The molecule has 0 fully saturated rings. The number of hydrogen-bond donors (Lipinski definition) is 0. The number of carbonyl (C=O) groups is 1. The predicted molar refractivity (Wildman–Crippen MR) is 54.0 cm³/mol. The number of halogens is 1. The summed E-state index contributed by atoms with van der Waals surface area (Å²) in [6.45, 7) is 2.06. The Morgan fingerprint density at radius 1 is 1.67 bits per heavy atom. The van der Waals surface area contributed by atoms with Crippen LogP contribution in [0.15, 0.2) is 18.5 Å². The molecule has 0 unspecified atom stereocenters. The van der Waals surface area contributed by atoms with Gasteiger partial charge in [-0.1, -0.05) is 11.6 Å². The standard InChI is InChI=1S/C9H8ClN3O2/c1-2-15-9(14)7-3-8-11-4-6(10)5-13(8)12-7/h3-5H,2H2,1H3. The molecule has 0 aliphatic carbocycles. The van der Waals surface area contributed by atoms with E-state index in [1.807, 2.05) is 0 Å². The van der Waals surface area contributed by atoms with E-state index in [-0.39, 0.29) is 5.69 Å². The van der Waals surface area contributed by atoms with Crippen molar-refractivity contribution in [3.63, 3.8) is 0 Å². The summed E-state index contributed by atoms with van der Waals surface area (Å²) < 4.78 is 6.25. The second-order valence-corrected chi connectivity index (χ2v) is 3.26. The number of rotatable bonds is 2. The van der Waals surface area contributed by atoms with Gasteiger partial charge >= 0.3 is 5.97 Å². The van der Waals surface area contributed by atoms with E-state index in [4.69, 9.17) is 16.3 Å². The molecule has 0 saturated heterocycles. The third-order valence-corrected chi connectivity index (χ3v) is 1.96. The maximum Gasteiger partial charge on any atom is 0.358 e. The Balaban J connectivity index is 2.42. The van der Waals surface area contributed by atoms with Crippen molar-refractivity contribution in [1.82, 2.24) is 14.6 Å². The van der Waals surface area contributed by atoms with Gasteiger partial charge in [0.05, 0.1) is 17.8 Å². The molecule has 0 spiro atoms. The summed E-state index contributed by atoms with van der Waals surface area (Å²) in [5.74, 6) is -0.459. The molecule has 0 radical (unpaired) electrons. The van der Waals surface area contributed by atoms with Crippen LogP contribution in [0.4, 0.5) is 0 Å². The van der Waals surface area contributed by atoms with Crippen LogP contribution in [0.2, 0.25) is 5.02 Å². The van der Waals surface area contributed by atoms with Crippen molar-refractivity contribution in [3.05, 3.63) is 29.2 Å². The summed E-state index contributed by atoms with van der Waals surface area (Å²) in [6.07, 6.45) is 3.07. The maximum atomic E-state index is 11.3. The normalized spacial score (nSPS) is 10.5. The minimum atomic E-state index is -0.459. The molecule has 78 valence electrons. The van der Waals surface area contributed by atoms with Crippen molar-refractivity contribution in [3.8, 4) is 0 Å². The zero-order chi connectivity index (χ0) is 10.8. The lowest BCUT2D eigenvalue weighted by Gasteiger charge is -1.95. The number of fused-ring (bicyclic) bond motifs is 1. The lowest BCUT2D eigenvalue weighted by molar-refractivity contribution is 0.0519. The van der Waals surface area contributed by atoms with Gasteiger partial charge in [-0.05, 0) is 6.92 Å². The van der Waals surface area contributed by atoms with E-state index in [2.05, 4.69) is 10.1 Å². The summed E-state index contributed by atoms with van der Waals surface area (Å²) in [7, 11) is 0. The highest BCUT2D eigenvalue weighted by molar-refractivity contribution is 6.30. The first kappa shape index (κ1) is 9.92. The molecule has 2 rings (SSSR count). The Labute approximate surface area is 90.6 Å². The van der Waals surface area contributed by atoms with Gasteiger partial charge in [-0.2, -0.15) is 5.10 Å². The van der Waals surface area contributed by atoms with E-state index in [1.165, 1.54) is 10.7 Å². The smallest absolute Gasteiger partial charge is 0.358 e. The summed E-state index contributed by atoms with van der Waals surface area (Å²) >= 11 is 5.73. The lowest BCUT2D eigenvalue weighted by Crippen LogP contribution is -2.05. The van der Waals surface area contributed by atoms with Crippen molar-refractivity contribution in [2.24, 2.45) is 0 Å². The molecule has 0 aromatic carbocycles. The molecule has 0 bridgehead atoms. The number of ether oxygens (including phenoxy) is 1.